The van der Waals surface area contributed by atoms with E-state index in [9.17, 15) is 9.59 Å². The molecule has 0 heterocycles. The summed E-state index contributed by atoms with van der Waals surface area (Å²) in [6.45, 7) is 11.5. The first-order chi connectivity index (χ1) is 10.8. The van der Waals surface area contributed by atoms with Crippen LogP contribution in [0.2, 0.25) is 18.1 Å². The van der Waals surface area contributed by atoms with Gasteiger partial charge in [0.15, 0.2) is 13.8 Å². The molecule has 0 radical (unpaired) electrons. The Hall–Kier alpha value is -0.533. The van der Waals surface area contributed by atoms with Crippen molar-refractivity contribution in [2.75, 3.05) is 12.4 Å². The van der Waals surface area contributed by atoms with E-state index in [1.807, 2.05) is 0 Å². The minimum Gasteiger partial charge on any atom is -0.461 e. The van der Waals surface area contributed by atoms with Gasteiger partial charge in [-0.2, -0.15) is 0 Å². The van der Waals surface area contributed by atoms with Gasteiger partial charge in [-0.05, 0) is 24.6 Å². The van der Waals surface area contributed by atoms with Gasteiger partial charge in [0.05, 0.1) is 6.10 Å². The first-order valence-corrected chi connectivity index (χ1v) is 12.0. The van der Waals surface area contributed by atoms with Gasteiger partial charge < -0.3 is 13.9 Å². The van der Waals surface area contributed by atoms with Gasteiger partial charge in [-0.3, -0.25) is 9.59 Å². The predicted octanol–water partition coefficient (Wildman–Crippen LogP) is 3.97. The standard InChI is InChI=1S/C16H32O5SSi/c1-7-15(21-23(8-2,9-3)10-4)12-22-16(20-14(6)18)11-19-13(5)17/h15-16H,7-12H2,1-6H3. The molecule has 2 atom stereocenters. The number of esters is 2. The summed E-state index contributed by atoms with van der Waals surface area (Å²) in [5.41, 5.74) is -0.477. The molecule has 0 fully saturated rings. The molecule has 136 valence electrons. The molecule has 23 heavy (non-hydrogen) atoms. The fourth-order valence-corrected chi connectivity index (χ4v) is 6.47. The van der Waals surface area contributed by atoms with Crippen LogP contribution >= 0.6 is 11.8 Å². The van der Waals surface area contributed by atoms with Crippen LogP contribution in [0.4, 0.5) is 0 Å². The Kier molecular flexibility index (Phi) is 11.6. The fraction of sp³-hybridized carbons (Fsp3) is 0.875. The van der Waals surface area contributed by atoms with E-state index in [1.165, 1.54) is 25.6 Å². The van der Waals surface area contributed by atoms with E-state index in [0.717, 1.165) is 30.3 Å². The van der Waals surface area contributed by atoms with Gasteiger partial charge in [0.2, 0.25) is 0 Å². The van der Waals surface area contributed by atoms with Gasteiger partial charge in [-0.15, -0.1) is 11.8 Å². The number of rotatable bonds is 12. The molecule has 0 aliphatic rings. The molecule has 0 aromatic heterocycles. The maximum absolute atomic E-state index is 11.2. The van der Waals surface area contributed by atoms with Gasteiger partial charge in [-0.1, -0.05) is 27.7 Å². The molecular formula is C16H32O5SSi. The molecule has 7 heteroatoms. The van der Waals surface area contributed by atoms with E-state index in [2.05, 4.69) is 27.7 Å². The van der Waals surface area contributed by atoms with Gasteiger partial charge in [-0.25, -0.2) is 0 Å². The Morgan fingerprint density at radius 1 is 1.00 bits per heavy atom. The van der Waals surface area contributed by atoms with Gasteiger partial charge in [0.25, 0.3) is 0 Å². The molecule has 0 aliphatic carbocycles. The molecule has 0 bridgehead atoms. The van der Waals surface area contributed by atoms with Crippen LogP contribution in [-0.2, 0) is 23.5 Å². The third kappa shape index (κ3) is 9.37. The molecular weight excluding hydrogens is 332 g/mol. The highest BCUT2D eigenvalue weighted by Crippen LogP contribution is 2.26. The second kappa shape index (κ2) is 11.9. The number of hydrogen-bond donors (Lipinski definition) is 0. The maximum atomic E-state index is 11.2. The summed E-state index contributed by atoms with van der Waals surface area (Å²) >= 11 is 1.47. The van der Waals surface area contributed by atoms with Crippen molar-refractivity contribution < 1.29 is 23.5 Å². The molecule has 0 rings (SSSR count). The number of carbonyl (C=O) groups is 2. The molecule has 0 aliphatic heterocycles. The predicted molar refractivity (Wildman–Crippen MR) is 97.0 cm³/mol. The van der Waals surface area contributed by atoms with Crippen molar-refractivity contribution in [1.29, 1.82) is 0 Å². The third-order valence-corrected chi connectivity index (χ3v) is 9.86. The highest BCUT2D eigenvalue weighted by Gasteiger charge is 2.32. The number of carbonyl (C=O) groups excluding carboxylic acids is 2. The molecule has 0 saturated heterocycles. The van der Waals surface area contributed by atoms with Crippen LogP contribution in [0.3, 0.4) is 0 Å². The van der Waals surface area contributed by atoms with Gasteiger partial charge in [0, 0.05) is 19.6 Å². The van der Waals surface area contributed by atoms with E-state index in [4.69, 9.17) is 13.9 Å². The Bertz CT molecular complexity index is 352. The smallest absolute Gasteiger partial charge is 0.303 e. The van der Waals surface area contributed by atoms with Crippen molar-refractivity contribution in [2.24, 2.45) is 0 Å². The van der Waals surface area contributed by atoms with Crippen molar-refractivity contribution in [3.8, 4) is 0 Å². The minimum absolute atomic E-state index is 0.0773. The summed E-state index contributed by atoms with van der Waals surface area (Å²) in [6, 6.07) is 3.34. The molecule has 0 amide bonds. The first kappa shape index (κ1) is 22.5. The Morgan fingerprint density at radius 3 is 1.96 bits per heavy atom. The maximum Gasteiger partial charge on any atom is 0.303 e. The lowest BCUT2D eigenvalue weighted by molar-refractivity contribution is -0.151. The minimum atomic E-state index is -1.65. The van der Waals surface area contributed by atoms with Crippen LogP contribution in [0.25, 0.3) is 0 Å². The summed E-state index contributed by atoms with van der Waals surface area (Å²) in [7, 11) is -1.65. The number of ether oxygens (including phenoxy) is 2. The van der Waals surface area contributed by atoms with Gasteiger partial charge >= 0.3 is 11.9 Å². The first-order valence-electron chi connectivity index (χ1n) is 8.42. The van der Waals surface area contributed by atoms with E-state index in [1.54, 1.807) is 0 Å². The van der Waals surface area contributed by atoms with Crippen molar-refractivity contribution in [2.45, 2.75) is 77.6 Å². The second-order valence-electron chi connectivity index (χ2n) is 5.57. The highest BCUT2D eigenvalue weighted by molar-refractivity contribution is 7.99. The van der Waals surface area contributed by atoms with Crippen LogP contribution < -0.4 is 0 Å². The summed E-state index contributed by atoms with van der Waals surface area (Å²) in [5, 5.41) is 0. The second-order valence-corrected chi connectivity index (χ2v) is 11.5. The van der Waals surface area contributed by atoms with Gasteiger partial charge in [0.1, 0.15) is 6.61 Å². The monoisotopic (exact) mass is 364 g/mol. The van der Waals surface area contributed by atoms with Crippen molar-refractivity contribution in [3.05, 3.63) is 0 Å². The molecule has 0 aromatic rings. The zero-order chi connectivity index (χ0) is 17.9. The SMILES string of the molecule is CCC(CSC(COC(C)=O)OC(C)=O)O[Si](CC)(CC)CC. The topological polar surface area (TPSA) is 61.8 Å². The molecule has 5 nitrogen and oxygen atoms in total. The van der Waals surface area contributed by atoms with E-state index < -0.39 is 13.8 Å². The van der Waals surface area contributed by atoms with Crippen LogP contribution in [0.5, 0.6) is 0 Å². The summed E-state index contributed by atoms with van der Waals surface area (Å²) in [6.07, 6.45) is 1.06. The van der Waals surface area contributed by atoms with Crippen molar-refractivity contribution >= 4 is 32.0 Å². The third-order valence-electron chi connectivity index (χ3n) is 3.99. The van der Waals surface area contributed by atoms with Crippen LogP contribution in [0.1, 0.15) is 48.0 Å². The van der Waals surface area contributed by atoms with E-state index in [0.29, 0.717) is 0 Å². The number of hydrogen-bond acceptors (Lipinski definition) is 6. The Morgan fingerprint density at radius 2 is 1.57 bits per heavy atom. The largest absolute Gasteiger partial charge is 0.461 e. The van der Waals surface area contributed by atoms with Crippen molar-refractivity contribution in [3.63, 3.8) is 0 Å². The summed E-state index contributed by atoms with van der Waals surface area (Å²) in [4.78, 5) is 22.1. The lowest BCUT2D eigenvalue weighted by Crippen LogP contribution is -2.41. The molecule has 2 unspecified atom stereocenters. The average Bonchev–Trinajstić information content (AvgIpc) is 2.52. The van der Waals surface area contributed by atoms with E-state index in [-0.39, 0.29) is 24.6 Å². The quantitative estimate of drug-likeness (QED) is 0.297. The normalized spacial score (nSPS) is 14.2. The summed E-state index contributed by atoms with van der Waals surface area (Å²) < 4.78 is 16.7. The molecule has 0 aromatic carbocycles. The van der Waals surface area contributed by atoms with Crippen LogP contribution in [0.15, 0.2) is 0 Å². The Balaban J connectivity index is 4.62. The number of thioether (sulfide) groups is 1. The zero-order valence-electron chi connectivity index (χ0n) is 15.3. The lowest BCUT2D eigenvalue weighted by atomic mass is 10.3. The average molecular weight is 365 g/mol. The van der Waals surface area contributed by atoms with Crippen LogP contribution in [0, 0.1) is 0 Å². The van der Waals surface area contributed by atoms with E-state index >= 15 is 0 Å². The summed E-state index contributed by atoms with van der Waals surface area (Å²) in [5.74, 6) is -0.0202. The molecule has 0 spiro atoms. The highest BCUT2D eigenvalue weighted by atomic mass is 32.2. The fourth-order valence-electron chi connectivity index (χ4n) is 2.29. The van der Waals surface area contributed by atoms with Crippen molar-refractivity contribution in [1.82, 2.24) is 0 Å². The Labute approximate surface area is 146 Å². The van der Waals surface area contributed by atoms with Crippen LogP contribution in [-0.4, -0.2) is 44.2 Å². The molecule has 0 saturated carbocycles. The zero-order valence-corrected chi connectivity index (χ0v) is 17.2. The molecule has 0 N–H and O–H groups in total. The lowest BCUT2D eigenvalue weighted by Gasteiger charge is -2.33.